The molecule has 3 aliphatic rings. The van der Waals surface area contributed by atoms with Crippen LogP contribution in [0, 0.1) is 0 Å². The number of nitrogens with zero attached hydrogens (tertiary/aromatic N) is 6. The molecule has 176 valence electrons. The van der Waals surface area contributed by atoms with Gasteiger partial charge in [0, 0.05) is 36.1 Å². The van der Waals surface area contributed by atoms with E-state index in [1.165, 1.54) is 0 Å². The highest BCUT2D eigenvalue weighted by Gasteiger charge is 2.38. The van der Waals surface area contributed by atoms with Crippen molar-refractivity contribution in [1.29, 1.82) is 0 Å². The molecule has 1 atom stereocenters. The van der Waals surface area contributed by atoms with Crippen molar-refractivity contribution in [3.8, 4) is 0 Å². The number of carbonyl (C=O) groups excluding carboxylic acids is 2. The molecular formula is C23H22Cl2N6O3. The van der Waals surface area contributed by atoms with Gasteiger partial charge in [0.05, 0.1) is 35.4 Å². The summed E-state index contributed by atoms with van der Waals surface area (Å²) in [6.45, 7) is 3.67. The van der Waals surface area contributed by atoms with E-state index in [0.29, 0.717) is 65.0 Å². The highest BCUT2D eigenvalue weighted by molar-refractivity contribution is 6.42. The first kappa shape index (κ1) is 21.6. The van der Waals surface area contributed by atoms with Gasteiger partial charge in [-0.25, -0.2) is 0 Å². The Morgan fingerprint density at radius 2 is 2.03 bits per heavy atom. The summed E-state index contributed by atoms with van der Waals surface area (Å²) in [6.07, 6.45) is 2.72. The van der Waals surface area contributed by atoms with Crippen molar-refractivity contribution < 1.29 is 14.1 Å². The van der Waals surface area contributed by atoms with Crippen molar-refractivity contribution >= 4 is 35.0 Å². The van der Waals surface area contributed by atoms with E-state index in [-0.39, 0.29) is 24.4 Å². The number of hydrogen-bond donors (Lipinski definition) is 0. The highest BCUT2D eigenvalue weighted by atomic mass is 35.5. The van der Waals surface area contributed by atoms with Crippen LogP contribution < -0.4 is 0 Å². The summed E-state index contributed by atoms with van der Waals surface area (Å²) in [7, 11) is 0. The molecule has 9 nitrogen and oxygen atoms in total. The fraction of sp³-hybridized carbons (Fsp3) is 0.435. The molecule has 0 radical (unpaired) electrons. The van der Waals surface area contributed by atoms with Crippen molar-refractivity contribution in [2.45, 2.75) is 57.8 Å². The maximum atomic E-state index is 13.5. The van der Waals surface area contributed by atoms with Crippen molar-refractivity contribution in [2.24, 2.45) is 0 Å². The van der Waals surface area contributed by atoms with Gasteiger partial charge in [0.2, 0.25) is 5.89 Å². The van der Waals surface area contributed by atoms with Gasteiger partial charge in [-0.1, -0.05) is 28.4 Å². The minimum absolute atomic E-state index is 0.0715. The lowest BCUT2D eigenvalue weighted by Crippen LogP contribution is -2.44. The molecule has 2 amide bonds. The van der Waals surface area contributed by atoms with Gasteiger partial charge in [0.15, 0.2) is 5.82 Å². The molecule has 0 spiro atoms. The lowest BCUT2D eigenvalue weighted by molar-refractivity contribution is 0.0635. The summed E-state index contributed by atoms with van der Waals surface area (Å²) >= 11 is 12.1. The normalized spacial score (nSPS) is 19.9. The van der Waals surface area contributed by atoms with Gasteiger partial charge in [-0.2, -0.15) is 10.1 Å². The molecule has 1 saturated carbocycles. The van der Waals surface area contributed by atoms with Crippen LogP contribution in [-0.2, 0) is 26.1 Å². The van der Waals surface area contributed by atoms with Crippen LogP contribution in [0.2, 0.25) is 10.0 Å². The number of carbonyl (C=O) groups is 2. The number of rotatable bonds is 4. The van der Waals surface area contributed by atoms with Gasteiger partial charge in [0.25, 0.3) is 11.8 Å². The van der Waals surface area contributed by atoms with Crippen molar-refractivity contribution in [2.75, 3.05) is 6.54 Å². The minimum Gasteiger partial charge on any atom is -0.339 e. The van der Waals surface area contributed by atoms with E-state index >= 15 is 0 Å². The third-order valence-corrected chi connectivity index (χ3v) is 7.46. The zero-order valence-electron chi connectivity index (χ0n) is 18.5. The van der Waals surface area contributed by atoms with Crippen LogP contribution in [0.3, 0.4) is 0 Å². The van der Waals surface area contributed by atoms with E-state index in [4.69, 9.17) is 32.8 Å². The Morgan fingerprint density at radius 3 is 2.79 bits per heavy atom. The van der Waals surface area contributed by atoms with E-state index in [9.17, 15) is 9.59 Å². The number of fused-ring (bicyclic) bond motifs is 3. The van der Waals surface area contributed by atoms with Crippen LogP contribution in [0.4, 0.5) is 0 Å². The summed E-state index contributed by atoms with van der Waals surface area (Å²) in [6, 6.07) is 4.79. The Labute approximate surface area is 205 Å². The van der Waals surface area contributed by atoms with Gasteiger partial charge in [-0.05, 0) is 38.0 Å². The largest absolute Gasteiger partial charge is 0.339 e. The third-order valence-electron chi connectivity index (χ3n) is 6.72. The van der Waals surface area contributed by atoms with E-state index in [1.807, 2.05) is 6.92 Å². The molecule has 3 aromatic rings. The van der Waals surface area contributed by atoms with Gasteiger partial charge < -0.3 is 14.3 Å². The molecule has 1 aliphatic carbocycles. The SMILES string of the molecule is C[C@@H]1Cc2nn3c(c2CN1C(=O)c1ccc(Cl)c(Cl)c1)C(=O)N(Cc1noc(C2CC2)n1)CC3. The molecule has 1 aromatic carbocycles. The van der Waals surface area contributed by atoms with Crippen LogP contribution in [0.25, 0.3) is 0 Å². The van der Waals surface area contributed by atoms with Gasteiger partial charge in [-0.15, -0.1) is 0 Å². The first-order valence-corrected chi connectivity index (χ1v) is 12.1. The topological polar surface area (TPSA) is 97.4 Å². The highest BCUT2D eigenvalue weighted by Crippen LogP contribution is 2.39. The molecule has 11 heteroatoms. The minimum atomic E-state index is -0.156. The Kier molecular flexibility index (Phi) is 5.14. The summed E-state index contributed by atoms with van der Waals surface area (Å²) in [5.74, 6) is 1.26. The molecular weight excluding hydrogens is 479 g/mol. The number of amides is 2. The van der Waals surface area contributed by atoms with E-state index in [2.05, 4.69) is 10.1 Å². The molecule has 2 aliphatic heterocycles. The Morgan fingerprint density at radius 1 is 1.21 bits per heavy atom. The number of benzene rings is 1. The summed E-state index contributed by atoms with van der Waals surface area (Å²) in [4.78, 5) is 34.7. The van der Waals surface area contributed by atoms with E-state index in [1.54, 1.807) is 32.7 Å². The fourth-order valence-electron chi connectivity index (χ4n) is 4.68. The molecule has 2 aromatic heterocycles. The van der Waals surface area contributed by atoms with Crippen LogP contribution in [0.15, 0.2) is 22.7 Å². The quantitative estimate of drug-likeness (QED) is 0.541. The van der Waals surface area contributed by atoms with Crippen LogP contribution in [0.5, 0.6) is 0 Å². The van der Waals surface area contributed by atoms with Gasteiger partial charge in [0.1, 0.15) is 5.69 Å². The van der Waals surface area contributed by atoms with Crippen LogP contribution in [-0.4, -0.2) is 54.1 Å². The van der Waals surface area contributed by atoms with Crippen molar-refractivity contribution in [3.05, 3.63) is 62.5 Å². The molecule has 0 N–H and O–H groups in total. The number of hydrogen-bond acceptors (Lipinski definition) is 6. The monoisotopic (exact) mass is 500 g/mol. The first-order chi connectivity index (χ1) is 16.4. The van der Waals surface area contributed by atoms with Gasteiger partial charge in [-0.3, -0.25) is 14.3 Å². The Hall–Kier alpha value is -2.91. The lowest BCUT2D eigenvalue weighted by atomic mass is 9.97. The van der Waals surface area contributed by atoms with E-state index in [0.717, 1.165) is 24.1 Å². The average molecular weight is 501 g/mol. The lowest BCUT2D eigenvalue weighted by Gasteiger charge is -2.34. The van der Waals surface area contributed by atoms with Crippen molar-refractivity contribution in [3.63, 3.8) is 0 Å². The zero-order valence-corrected chi connectivity index (χ0v) is 20.0. The first-order valence-electron chi connectivity index (χ1n) is 11.4. The van der Waals surface area contributed by atoms with Crippen LogP contribution >= 0.6 is 23.2 Å². The summed E-state index contributed by atoms with van der Waals surface area (Å²) in [5.41, 5.74) is 2.66. The molecule has 4 heterocycles. The molecule has 0 saturated heterocycles. The second-order valence-electron chi connectivity index (χ2n) is 9.16. The molecule has 34 heavy (non-hydrogen) atoms. The standard InChI is InChI=1S/C23H22Cl2N6O3/c1-12-8-18-15(10-30(12)22(32)14-4-5-16(24)17(25)9-14)20-23(33)29(6-7-31(20)27-18)11-19-26-21(34-28-19)13-2-3-13/h4-5,9,12-13H,2-3,6-8,10-11H2,1H3/t12-/m1/s1. The smallest absolute Gasteiger partial charge is 0.272 e. The predicted octanol–water partition coefficient (Wildman–Crippen LogP) is 3.69. The zero-order chi connectivity index (χ0) is 23.6. The molecule has 0 bridgehead atoms. The molecule has 0 unspecified atom stereocenters. The molecule has 6 rings (SSSR count). The van der Waals surface area contributed by atoms with Gasteiger partial charge >= 0.3 is 0 Å². The summed E-state index contributed by atoms with van der Waals surface area (Å²) in [5, 5.41) is 9.49. The van der Waals surface area contributed by atoms with E-state index < -0.39 is 0 Å². The Bertz CT molecular complexity index is 1310. The third kappa shape index (κ3) is 3.67. The maximum Gasteiger partial charge on any atom is 0.272 e. The second kappa shape index (κ2) is 8.09. The summed E-state index contributed by atoms with van der Waals surface area (Å²) < 4.78 is 7.11. The number of aromatic nitrogens is 4. The maximum absolute atomic E-state index is 13.5. The fourth-order valence-corrected chi connectivity index (χ4v) is 4.98. The van der Waals surface area contributed by atoms with Crippen LogP contribution in [0.1, 0.15) is 69.5 Å². The molecule has 1 fully saturated rings. The predicted molar refractivity (Wildman–Crippen MR) is 123 cm³/mol. The van der Waals surface area contributed by atoms with Crippen molar-refractivity contribution in [1.82, 2.24) is 29.7 Å². The Balaban J connectivity index is 1.25. The second-order valence-corrected chi connectivity index (χ2v) is 9.98. The average Bonchev–Trinajstić information content (AvgIpc) is 3.45. The number of halogens is 2.